The normalized spacial score (nSPS) is 11.6. The molecular formula is C46H31N5. The fourth-order valence-electron chi connectivity index (χ4n) is 7.47. The summed E-state index contributed by atoms with van der Waals surface area (Å²) in [5.74, 6) is 1.92. The van der Waals surface area contributed by atoms with Crippen molar-refractivity contribution in [3.63, 3.8) is 0 Å². The summed E-state index contributed by atoms with van der Waals surface area (Å²) >= 11 is 0. The minimum atomic E-state index is 0.636. The maximum absolute atomic E-state index is 5.07. The zero-order valence-electron chi connectivity index (χ0n) is 27.9. The van der Waals surface area contributed by atoms with Crippen LogP contribution in [0.4, 0.5) is 0 Å². The molecule has 51 heavy (non-hydrogen) atoms. The molecule has 0 aliphatic rings. The Morgan fingerprint density at radius 1 is 0.333 bits per heavy atom. The third kappa shape index (κ3) is 4.82. The van der Waals surface area contributed by atoms with Crippen LogP contribution >= 0.6 is 0 Å². The molecule has 0 N–H and O–H groups in total. The first-order chi connectivity index (χ1) is 25.2. The zero-order chi connectivity index (χ0) is 33.9. The van der Waals surface area contributed by atoms with Gasteiger partial charge in [0, 0.05) is 49.6 Å². The lowest BCUT2D eigenvalue weighted by Crippen LogP contribution is -2.01. The van der Waals surface area contributed by atoms with Gasteiger partial charge in [0.1, 0.15) is 0 Å². The highest BCUT2D eigenvalue weighted by molar-refractivity contribution is 6.10. The Balaban J connectivity index is 1.08. The summed E-state index contributed by atoms with van der Waals surface area (Å²) in [6.45, 7) is 2.09. The molecule has 7 aromatic carbocycles. The number of para-hydroxylation sites is 4. The maximum atomic E-state index is 5.07. The van der Waals surface area contributed by atoms with Crippen molar-refractivity contribution in [2.24, 2.45) is 0 Å². The molecule has 0 radical (unpaired) electrons. The van der Waals surface area contributed by atoms with Crippen LogP contribution in [0.15, 0.2) is 170 Å². The number of fused-ring (bicyclic) bond motifs is 6. The third-order valence-electron chi connectivity index (χ3n) is 9.84. The van der Waals surface area contributed by atoms with Gasteiger partial charge in [-0.3, -0.25) is 0 Å². The molecule has 5 nitrogen and oxygen atoms in total. The van der Waals surface area contributed by atoms with Crippen molar-refractivity contribution >= 4 is 43.6 Å². The zero-order valence-corrected chi connectivity index (χ0v) is 27.9. The molecule has 0 amide bonds. The standard InChI is InChI=1S/C46H31N5/c1-30-11-10-12-33(29-30)46-48-44(31-21-25-34(26-22-31)50-40-17-6-2-13-36(40)37-14-3-7-18-41(37)50)47-45(49-46)32-23-27-35(28-24-32)51-42-19-8-4-15-38(42)39-16-5-9-20-43(39)51/h2-29H,1H3. The number of benzene rings is 7. The summed E-state index contributed by atoms with van der Waals surface area (Å²) in [6.07, 6.45) is 0. The van der Waals surface area contributed by atoms with E-state index in [0.29, 0.717) is 17.5 Å². The molecule has 0 unspecified atom stereocenters. The second-order valence-corrected chi connectivity index (χ2v) is 13.0. The number of aryl methyl sites for hydroxylation is 1. The number of nitrogens with zero attached hydrogens (tertiary/aromatic N) is 5. The van der Waals surface area contributed by atoms with Gasteiger partial charge in [0.15, 0.2) is 17.5 Å². The fourth-order valence-corrected chi connectivity index (χ4v) is 7.47. The van der Waals surface area contributed by atoms with E-state index in [4.69, 9.17) is 15.0 Å². The van der Waals surface area contributed by atoms with Gasteiger partial charge in [-0.1, -0.05) is 96.6 Å². The van der Waals surface area contributed by atoms with Crippen molar-refractivity contribution in [3.8, 4) is 45.5 Å². The molecule has 0 saturated heterocycles. The molecule has 240 valence electrons. The van der Waals surface area contributed by atoms with Crippen LogP contribution in [-0.2, 0) is 0 Å². The Hall–Kier alpha value is -6.85. The van der Waals surface area contributed by atoms with Crippen molar-refractivity contribution in [1.82, 2.24) is 24.1 Å². The molecule has 0 atom stereocenters. The Kier molecular flexibility index (Phi) is 6.64. The topological polar surface area (TPSA) is 48.5 Å². The van der Waals surface area contributed by atoms with Crippen LogP contribution in [0.1, 0.15) is 5.56 Å². The van der Waals surface area contributed by atoms with Crippen LogP contribution in [0.3, 0.4) is 0 Å². The number of rotatable bonds is 5. The molecule has 3 aromatic heterocycles. The lowest BCUT2D eigenvalue weighted by molar-refractivity contribution is 1.07. The highest BCUT2D eigenvalue weighted by atomic mass is 15.0. The summed E-state index contributed by atoms with van der Waals surface area (Å²) in [6, 6.07) is 59.7. The van der Waals surface area contributed by atoms with Gasteiger partial charge < -0.3 is 9.13 Å². The molecule has 0 spiro atoms. The van der Waals surface area contributed by atoms with E-state index >= 15 is 0 Å². The van der Waals surface area contributed by atoms with Crippen molar-refractivity contribution in [3.05, 3.63) is 175 Å². The van der Waals surface area contributed by atoms with E-state index in [-0.39, 0.29) is 0 Å². The van der Waals surface area contributed by atoms with Crippen LogP contribution in [0.2, 0.25) is 0 Å². The van der Waals surface area contributed by atoms with Crippen LogP contribution in [0.25, 0.3) is 89.2 Å². The molecule has 0 aliphatic heterocycles. The largest absolute Gasteiger partial charge is 0.309 e. The monoisotopic (exact) mass is 653 g/mol. The lowest BCUT2D eigenvalue weighted by Gasteiger charge is -2.12. The van der Waals surface area contributed by atoms with Crippen molar-refractivity contribution in [2.75, 3.05) is 0 Å². The van der Waals surface area contributed by atoms with Gasteiger partial charge in [0.25, 0.3) is 0 Å². The summed E-state index contributed by atoms with van der Waals surface area (Å²) in [4.78, 5) is 15.1. The first-order valence-electron chi connectivity index (χ1n) is 17.2. The highest BCUT2D eigenvalue weighted by Gasteiger charge is 2.16. The summed E-state index contributed by atoms with van der Waals surface area (Å²) < 4.78 is 4.65. The molecule has 5 heteroatoms. The third-order valence-corrected chi connectivity index (χ3v) is 9.84. The Bertz CT molecular complexity index is 2630. The van der Waals surface area contributed by atoms with Gasteiger partial charge in [0.2, 0.25) is 0 Å². The maximum Gasteiger partial charge on any atom is 0.164 e. The van der Waals surface area contributed by atoms with Gasteiger partial charge in [-0.25, -0.2) is 15.0 Å². The van der Waals surface area contributed by atoms with Crippen LogP contribution in [0.5, 0.6) is 0 Å². The summed E-state index contributed by atoms with van der Waals surface area (Å²) in [7, 11) is 0. The minimum absolute atomic E-state index is 0.636. The van der Waals surface area contributed by atoms with E-state index in [0.717, 1.165) is 33.6 Å². The second-order valence-electron chi connectivity index (χ2n) is 13.0. The van der Waals surface area contributed by atoms with E-state index in [9.17, 15) is 0 Å². The first-order valence-corrected chi connectivity index (χ1v) is 17.2. The molecule has 3 heterocycles. The van der Waals surface area contributed by atoms with Gasteiger partial charge in [0.05, 0.1) is 22.1 Å². The number of aromatic nitrogens is 5. The first kappa shape index (κ1) is 29.1. The average molecular weight is 654 g/mol. The van der Waals surface area contributed by atoms with Gasteiger partial charge >= 0.3 is 0 Å². The van der Waals surface area contributed by atoms with Crippen LogP contribution < -0.4 is 0 Å². The molecule has 0 aliphatic carbocycles. The number of hydrogen-bond donors (Lipinski definition) is 0. The van der Waals surface area contributed by atoms with Gasteiger partial charge in [-0.05, 0) is 85.8 Å². The molecule has 10 aromatic rings. The summed E-state index contributed by atoms with van der Waals surface area (Å²) in [5, 5.41) is 4.97. The van der Waals surface area contributed by atoms with E-state index in [1.165, 1.54) is 43.6 Å². The Morgan fingerprint density at radius 3 is 1.06 bits per heavy atom. The van der Waals surface area contributed by atoms with Gasteiger partial charge in [-0.2, -0.15) is 0 Å². The second kappa shape index (κ2) is 11.6. The van der Waals surface area contributed by atoms with E-state index in [1.54, 1.807) is 0 Å². The predicted molar refractivity (Wildman–Crippen MR) is 210 cm³/mol. The SMILES string of the molecule is Cc1cccc(-c2nc(-c3ccc(-n4c5ccccc5c5ccccc54)cc3)nc(-c3ccc(-n4c5ccccc5c5ccccc54)cc3)n2)c1. The smallest absolute Gasteiger partial charge is 0.164 e. The Morgan fingerprint density at radius 2 is 0.686 bits per heavy atom. The van der Waals surface area contributed by atoms with E-state index < -0.39 is 0 Å². The highest BCUT2D eigenvalue weighted by Crippen LogP contribution is 2.34. The molecule has 10 rings (SSSR count). The van der Waals surface area contributed by atoms with Gasteiger partial charge in [-0.15, -0.1) is 0 Å². The lowest BCUT2D eigenvalue weighted by atomic mass is 10.1. The summed E-state index contributed by atoms with van der Waals surface area (Å²) in [5.41, 5.74) is 10.9. The van der Waals surface area contributed by atoms with Crippen LogP contribution in [-0.4, -0.2) is 24.1 Å². The number of hydrogen-bond acceptors (Lipinski definition) is 3. The molecule has 0 bridgehead atoms. The van der Waals surface area contributed by atoms with Crippen molar-refractivity contribution in [2.45, 2.75) is 6.92 Å². The quantitative estimate of drug-likeness (QED) is 0.186. The average Bonchev–Trinajstić information content (AvgIpc) is 3.71. The molecule has 0 saturated carbocycles. The fraction of sp³-hybridized carbons (Fsp3) is 0.0217. The van der Waals surface area contributed by atoms with Crippen molar-refractivity contribution in [1.29, 1.82) is 0 Å². The van der Waals surface area contributed by atoms with E-state index in [1.807, 2.05) is 0 Å². The van der Waals surface area contributed by atoms with Crippen molar-refractivity contribution < 1.29 is 0 Å². The van der Waals surface area contributed by atoms with E-state index in [2.05, 4.69) is 186 Å². The van der Waals surface area contributed by atoms with Crippen LogP contribution in [0, 0.1) is 6.92 Å². The molecule has 0 fully saturated rings. The Labute approximate surface area is 294 Å². The minimum Gasteiger partial charge on any atom is -0.309 e. The predicted octanol–water partition coefficient (Wildman–Crippen LogP) is 11.4. The molecular weight excluding hydrogens is 623 g/mol.